The normalized spacial score (nSPS) is 14.1. The summed E-state index contributed by atoms with van der Waals surface area (Å²) in [4.78, 5) is 0. The van der Waals surface area contributed by atoms with Crippen LogP contribution in [0.4, 0.5) is 0 Å². The second kappa shape index (κ2) is 8.11. The summed E-state index contributed by atoms with van der Waals surface area (Å²) in [7, 11) is -2.79. The Bertz CT molecular complexity index is 235. The molecule has 0 aromatic carbocycles. The van der Waals surface area contributed by atoms with Crippen molar-refractivity contribution in [3.8, 4) is 0 Å². The minimum absolute atomic E-state index is 0.188. The number of rotatable bonds is 9. The van der Waals surface area contributed by atoms with Crippen molar-refractivity contribution in [2.24, 2.45) is 5.73 Å². The first-order chi connectivity index (χ1) is 6.98. The van der Waals surface area contributed by atoms with Crippen LogP contribution >= 0.6 is 0 Å². The molecule has 4 heteroatoms. The van der Waals surface area contributed by atoms with Crippen molar-refractivity contribution >= 4 is 9.84 Å². The molecular formula is C11H25NO2S. The molecule has 0 spiro atoms. The van der Waals surface area contributed by atoms with Gasteiger partial charge in [0.05, 0.1) is 11.5 Å². The van der Waals surface area contributed by atoms with Gasteiger partial charge in [0.25, 0.3) is 0 Å². The van der Waals surface area contributed by atoms with Gasteiger partial charge in [0.15, 0.2) is 0 Å². The van der Waals surface area contributed by atoms with Gasteiger partial charge in [-0.05, 0) is 26.2 Å². The van der Waals surface area contributed by atoms with Crippen LogP contribution in [0, 0.1) is 0 Å². The second-order valence-corrected chi connectivity index (χ2v) is 6.64. The van der Waals surface area contributed by atoms with Gasteiger partial charge in [-0.1, -0.05) is 26.2 Å². The quantitative estimate of drug-likeness (QED) is 0.623. The van der Waals surface area contributed by atoms with E-state index in [1.54, 1.807) is 0 Å². The van der Waals surface area contributed by atoms with Crippen molar-refractivity contribution in [3.05, 3.63) is 0 Å². The number of hydrogen-bond donors (Lipinski definition) is 1. The highest BCUT2D eigenvalue weighted by Gasteiger charge is 2.09. The van der Waals surface area contributed by atoms with Gasteiger partial charge in [-0.25, -0.2) is 8.42 Å². The van der Waals surface area contributed by atoms with E-state index in [1.165, 1.54) is 0 Å². The first kappa shape index (κ1) is 14.9. The number of sulfone groups is 1. The fraction of sp³-hybridized carbons (Fsp3) is 1.00. The summed E-state index contributed by atoms with van der Waals surface area (Å²) in [5.41, 5.74) is 5.59. The van der Waals surface area contributed by atoms with Crippen LogP contribution in [0.15, 0.2) is 0 Å². The van der Waals surface area contributed by atoms with Crippen molar-refractivity contribution in [2.75, 3.05) is 11.5 Å². The first-order valence-electron chi connectivity index (χ1n) is 5.94. The lowest BCUT2D eigenvalue weighted by Crippen LogP contribution is -2.16. The fourth-order valence-electron chi connectivity index (χ4n) is 1.46. The van der Waals surface area contributed by atoms with Crippen LogP contribution in [0.1, 0.15) is 52.4 Å². The van der Waals surface area contributed by atoms with Crippen LogP contribution in [0.5, 0.6) is 0 Å². The SMILES string of the molecule is CCCCCS(=O)(=O)CCCCC(C)N. The summed E-state index contributed by atoms with van der Waals surface area (Å²) in [6.07, 6.45) is 5.50. The summed E-state index contributed by atoms with van der Waals surface area (Å²) in [5, 5.41) is 0. The predicted molar refractivity (Wildman–Crippen MR) is 65.7 cm³/mol. The molecule has 0 fully saturated rings. The maximum Gasteiger partial charge on any atom is 0.150 e. The van der Waals surface area contributed by atoms with Crippen LogP contribution < -0.4 is 5.73 Å². The third kappa shape index (κ3) is 10.2. The first-order valence-corrected chi connectivity index (χ1v) is 7.76. The minimum atomic E-state index is -2.79. The summed E-state index contributed by atoms with van der Waals surface area (Å²) >= 11 is 0. The largest absolute Gasteiger partial charge is 0.328 e. The van der Waals surface area contributed by atoms with E-state index in [9.17, 15) is 8.42 Å². The zero-order valence-corrected chi connectivity index (χ0v) is 10.9. The highest BCUT2D eigenvalue weighted by atomic mass is 32.2. The molecule has 0 aliphatic rings. The number of unbranched alkanes of at least 4 members (excludes halogenated alkanes) is 3. The Morgan fingerprint density at radius 1 is 1.07 bits per heavy atom. The number of nitrogens with two attached hydrogens (primary N) is 1. The molecule has 0 saturated heterocycles. The van der Waals surface area contributed by atoms with Gasteiger partial charge in [-0.2, -0.15) is 0 Å². The lowest BCUT2D eigenvalue weighted by atomic mass is 10.2. The molecule has 1 atom stereocenters. The van der Waals surface area contributed by atoms with Crippen molar-refractivity contribution < 1.29 is 8.42 Å². The lowest BCUT2D eigenvalue weighted by molar-refractivity contribution is 0.576. The van der Waals surface area contributed by atoms with Crippen LogP contribution in [-0.2, 0) is 9.84 Å². The van der Waals surface area contributed by atoms with E-state index in [1.807, 2.05) is 6.92 Å². The van der Waals surface area contributed by atoms with E-state index in [2.05, 4.69) is 6.92 Å². The van der Waals surface area contributed by atoms with Gasteiger partial charge in [0.2, 0.25) is 0 Å². The molecule has 2 N–H and O–H groups in total. The molecule has 3 nitrogen and oxygen atoms in total. The van der Waals surface area contributed by atoms with Crippen LogP contribution in [-0.4, -0.2) is 26.0 Å². The Morgan fingerprint density at radius 3 is 2.07 bits per heavy atom. The van der Waals surface area contributed by atoms with Crippen LogP contribution in [0.2, 0.25) is 0 Å². The van der Waals surface area contributed by atoms with Crippen molar-refractivity contribution in [3.63, 3.8) is 0 Å². The lowest BCUT2D eigenvalue weighted by Gasteiger charge is -2.05. The third-order valence-electron chi connectivity index (χ3n) is 2.42. The molecule has 1 unspecified atom stereocenters. The summed E-state index contributed by atoms with van der Waals surface area (Å²) in [6.45, 7) is 4.03. The Hall–Kier alpha value is -0.0900. The second-order valence-electron chi connectivity index (χ2n) is 4.33. The molecule has 15 heavy (non-hydrogen) atoms. The molecule has 0 amide bonds. The highest BCUT2D eigenvalue weighted by molar-refractivity contribution is 7.91. The van der Waals surface area contributed by atoms with Gasteiger partial charge in [0.1, 0.15) is 9.84 Å². The summed E-state index contributed by atoms with van der Waals surface area (Å²) in [6, 6.07) is 0.188. The maximum absolute atomic E-state index is 11.5. The zero-order valence-electron chi connectivity index (χ0n) is 10.0. The van der Waals surface area contributed by atoms with E-state index in [0.29, 0.717) is 11.5 Å². The van der Waals surface area contributed by atoms with Gasteiger partial charge >= 0.3 is 0 Å². The van der Waals surface area contributed by atoms with Gasteiger partial charge in [-0.3, -0.25) is 0 Å². The zero-order chi connectivity index (χ0) is 11.7. The smallest absolute Gasteiger partial charge is 0.150 e. The molecule has 0 aromatic heterocycles. The van der Waals surface area contributed by atoms with E-state index in [-0.39, 0.29) is 6.04 Å². The molecule has 0 radical (unpaired) electrons. The molecule has 0 saturated carbocycles. The molecule has 0 rings (SSSR count). The average Bonchev–Trinajstić information content (AvgIpc) is 2.13. The monoisotopic (exact) mass is 235 g/mol. The molecule has 0 bridgehead atoms. The topological polar surface area (TPSA) is 60.2 Å². The molecule has 0 aliphatic heterocycles. The molecular weight excluding hydrogens is 210 g/mol. The highest BCUT2D eigenvalue weighted by Crippen LogP contribution is 2.05. The van der Waals surface area contributed by atoms with Gasteiger partial charge in [-0.15, -0.1) is 0 Å². The maximum atomic E-state index is 11.5. The molecule has 0 heterocycles. The van der Waals surface area contributed by atoms with Crippen LogP contribution in [0.3, 0.4) is 0 Å². The fourth-order valence-corrected chi connectivity index (χ4v) is 2.95. The summed E-state index contributed by atoms with van der Waals surface area (Å²) in [5.74, 6) is 0.697. The Labute approximate surface area is 94.4 Å². The summed E-state index contributed by atoms with van der Waals surface area (Å²) < 4.78 is 23.0. The van der Waals surface area contributed by atoms with E-state index in [0.717, 1.165) is 38.5 Å². The molecule has 0 aliphatic carbocycles. The Morgan fingerprint density at radius 2 is 1.60 bits per heavy atom. The minimum Gasteiger partial charge on any atom is -0.328 e. The number of hydrogen-bond acceptors (Lipinski definition) is 3. The average molecular weight is 235 g/mol. The van der Waals surface area contributed by atoms with Crippen LogP contribution in [0.25, 0.3) is 0 Å². The van der Waals surface area contributed by atoms with Gasteiger partial charge in [0, 0.05) is 6.04 Å². The van der Waals surface area contributed by atoms with E-state index in [4.69, 9.17) is 5.73 Å². The van der Waals surface area contributed by atoms with E-state index >= 15 is 0 Å². The van der Waals surface area contributed by atoms with Crippen molar-refractivity contribution in [1.82, 2.24) is 0 Å². The van der Waals surface area contributed by atoms with E-state index < -0.39 is 9.84 Å². The van der Waals surface area contributed by atoms with Gasteiger partial charge < -0.3 is 5.73 Å². The Balaban J connectivity index is 3.56. The predicted octanol–water partition coefficient (Wildman–Crippen LogP) is 2.11. The Kier molecular flexibility index (Phi) is 8.06. The molecule has 92 valence electrons. The molecule has 0 aromatic rings. The van der Waals surface area contributed by atoms with Crippen molar-refractivity contribution in [2.45, 2.75) is 58.4 Å². The standard InChI is InChI=1S/C11H25NO2S/c1-3-4-6-9-15(13,14)10-7-5-8-11(2)12/h11H,3-10,12H2,1-2H3. The third-order valence-corrected chi connectivity index (χ3v) is 4.25. The van der Waals surface area contributed by atoms with Crippen molar-refractivity contribution in [1.29, 1.82) is 0 Å².